The van der Waals surface area contributed by atoms with Crippen LogP contribution in [0.3, 0.4) is 0 Å². The number of carbonyl (C=O) groups excluding carboxylic acids is 1. The van der Waals surface area contributed by atoms with Crippen molar-refractivity contribution < 1.29 is 14.5 Å². The molecular weight excluding hydrogens is 340 g/mol. The quantitative estimate of drug-likeness (QED) is 0.395. The minimum Gasteiger partial charge on any atom is -0.457 e. The summed E-state index contributed by atoms with van der Waals surface area (Å²) in [6.07, 6.45) is 0. The van der Waals surface area contributed by atoms with Crippen LogP contribution in [0.2, 0.25) is 0 Å². The van der Waals surface area contributed by atoms with Gasteiger partial charge in [0, 0.05) is 22.3 Å². The van der Waals surface area contributed by atoms with Gasteiger partial charge in [-0.15, -0.1) is 0 Å². The molecule has 0 aliphatic carbocycles. The van der Waals surface area contributed by atoms with E-state index in [0.717, 1.165) is 16.1 Å². The van der Waals surface area contributed by atoms with E-state index < -0.39 is 10.9 Å². The number of nitrogens with two attached hydrogens (primary N) is 1. The summed E-state index contributed by atoms with van der Waals surface area (Å²) in [5.41, 5.74) is 6.37. The van der Waals surface area contributed by atoms with E-state index >= 15 is 0 Å². The predicted molar refractivity (Wildman–Crippen MR) is 80.8 cm³/mol. The molecule has 0 heterocycles. The minimum atomic E-state index is -0.695. The van der Waals surface area contributed by atoms with Gasteiger partial charge in [-0.25, -0.2) is 4.79 Å². The lowest BCUT2D eigenvalue weighted by Crippen LogP contribution is -2.09. The van der Waals surface area contributed by atoms with Crippen molar-refractivity contribution >= 4 is 33.3 Å². The number of ether oxygens (including phenoxy) is 1. The number of halogens is 1. The number of nitrogen functional groups attached to an aromatic ring is 1. The molecule has 2 rings (SSSR count). The molecule has 0 aliphatic rings. The first kappa shape index (κ1) is 15.0. The molecule has 0 fully saturated rings. The van der Waals surface area contributed by atoms with Gasteiger partial charge in [0.05, 0.1) is 10.5 Å². The summed E-state index contributed by atoms with van der Waals surface area (Å²) in [5.74, 6) is -0.695. The summed E-state index contributed by atoms with van der Waals surface area (Å²) in [7, 11) is 0. The Bertz CT molecular complexity index is 686. The second-order valence-electron chi connectivity index (χ2n) is 4.23. The van der Waals surface area contributed by atoms with Crippen LogP contribution < -0.4 is 5.73 Å². The highest BCUT2D eigenvalue weighted by molar-refractivity contribution is 9.10. The third-order valence-electron chi connectivity index (χ3n) is 2.75. The van der Waals surface area contributed by atoms with Gasteiger partial charge in [-0.05, 0) is 23.8 Å². The first-order valence-corrected chi connectivity index (χ1v) is 6.72. The van der Waals surface area contributed by atoms with Gasteiger partial charge in [0.15, 0.2) is 0 Å². The monoisotopic (exact) mass is 350 g/mol. The fourth-order valence-corrected chi connectivity index (χ4v) is 1.91. The zero-order chi connectivity index (χ0) is 15.4. The number of benzene rings is 2. The third-order valence-corrected chi connectivity index (χ3v) is 3.28. The van der Waals surface area contributed by atoms with E-state index in [2.05, 4.69) is 15.9 Å². The number of non-ortho nitro benzene ring substituents is 1. The standard InChI is InChI=1S/C14H11BrN2O4/c15-10-3-1-9(2-4-10)8-21-14(18)12-7-11(17(19)20)5-6-13(12)16/h1-7H,8,16H2. The van der Waals surface area contributed by atoms with Gasteiger partial charge in [0.1, 0.15) is 6.61 Å². The second kappa shape index (κ2) is 6.36. The number of hydrogen-bond donors (Lipinski definition) is 1. The van der Waals surface area contributed by atoms with Crippen LogP contribution in [0.15, 0.2) is 46.9 Å². The fraction of sp³-hybridized carbons (Fsp3) is 0.0714. The van der Waals surface area contributed by atoms with Crippen molar-refractivity contribution in [2.75, 3.05) is 5.73 Å². The Balaban J connectivity index is 2.11. The molecule has 0 bridgehead atoms. The largest absolute Gasteiger partial charge is 0.457 e. The number of carbonyl (C=O) groups is 1. The molecule has 0 atom stereocenters. The summed E-state index contributed by atoms with van der Waals surface area (Å²) in [6, 6.07) is 10.9. The SMILES string of the molecule is Nc1ccc([N+](=O)[O-])cc1C(=O)OCc1ccc(Br)cc1. The Kier molecular flexibility index (Phi) is 4.54. The molecule has 0 aliphatic heterocycles. The van der Waals surface area contributed by atoms with Crippen LogP contribution in [0.5, 0.6) is 0 Å². The van der Waals surface area contributed by atoms with Crippen molar-refractivity contribution in [1.29, 1.82) is 0 Å². The third kappa shape index (κ3) is 3.79. The highest BCUT2D eigenvalue weighted by Gasteiger charge is 2.16. The van der Waals surface area contributed by atoms with Crippen LogP contribution in [-0.4, -0.2) is 10.9 Å². The average Bonchev–Trinajstić information content (AvgIpc) is 2.46. The summed E-state index contributed by atoms with van der Waals surface area (Å²) in [5, 5.41) is 10.7. The lowest BCUT2D eigenvalue weighted by Gasteiger charge is -2.07. The van der Waals surface area contributed by atoms with Crippen molar-refractivity contribution in [3.63, 3.8) is 0 Å². The van der Waals surface area contributed by atoms with E-state index in [1.165, 1.54) is 12.1 Å². The molecule has 0 unspecified atom stereocenters. The number of anilines is 1. The lowest BCUT2D eigenvalue weighted by molar-refractivity contribution is -0.384. The molecule has 0 amide bonds. The maximum absolute atomic E-state index is 11.9. The molecule has 7 heteroatoms. The van der Waals surface area contributed by atoms with Crippen LogP contribution in [0, 0.1) is 10.1 Å². The van der Waals surface area contributed by atoms with Gasteiger partial charge >= 0.3 is 5.97 Å². The van der Waals surface area contributed by atoms with Crippen molar-refractivity contribution in [3.05, 3.63) is 68.2 Å². The van der Waals surface area contributed by atoms with Crippen LogP contribution in [0.4, 0.5) is 11.4 Å². The number of nitro benzene ring substituents is 1. The number of hydrogen-bond acceptors (Lipinski definition) is 5. The molecule has 2 aromatic rings. The van der Waals surface area contributed by atoms with Crippen molar-refractivity contribution in [1.82, 2.24) is 0 Å². The Morgan fingerprint density at radius 2 is 1.90 bits per heavy atom. The number of esters is 1. The first-order chi connectivity index (χ1) is 9.97. The van der Waals surface area contributed by atoms with E-state index in [9.17, 15) is 14.9 Å². The summed E-state index contributed by atoms with van der Waals surface area (Å²) < 4.78 is 6.03. The van der Waals surface area contributed by atoms with E-state index in [1.807, 2.05) is 12.1 Å². The maximum Gasteiger partial charge on any atom is 0.340 e. The van der Waals surface area contributed by atoms with E-state index in [-0.39, 0.29) is 23.5 Å². The van der Waals surface area contributed by atoms with Gasteiger partial charge in [-0.2, -0.15) is 0 Å². The van der Waals surface area contributed by atoms with E-state index in [1.54, 1.807) is 12.1 Å². The zero-order valence-electron chi connectivity index (χ0n) is 10.8. The molecule has 0 saturated heterocycles. The summed E-state index contributed by atoms with van der Waals surface area (Å²) in [4.78, 5) is 22.1. The Hall–Kier alpha value is -2.41. The molecule has 0 aromatic heterocycles. The molecular formula is C14H11BrN2O4. The number of nitro groups is 1. The zero-order valence-corrected chi connectivity index (χ0v) is 12.4. The van der Waals surface area contributed by atoms with Crippen LogP contribution in [0.1, 0.15) is 15.9 Å². The van der Waals surface area contributed by atoms with Crippen molar-refractivity contribution in [3.8, 4) is 0 Å². The predicted octanol–water partition coefficient (Wildman–Crippen LogP) is 3.30. The molecule has 0 radical (unpaired) electrons. The van der Waals surface area contributed by atoms with Gasteiger partial charge in [0.25, 0.3) is 5.69 Å². The smallest absolute Gasteiger partial charge is 0.340 e. The normalized spacial score (nSPS) is 10.1. The molecule has 21 heavy (non-hydrogen) atoms. The van der Waals surface area contributed by atoms with Crippen LogP contribution >= 0.6 is 15.9 Å². The minimum absolute atomic E-state index is 0.0127. The topological polar surface area (TPSA) is 95.5 Å². The van der Waals surface area contributed by atoms with Crippen LogP contribution in [-0.2, 0) is 11.3 Å². The molecule has 2 aromatic carbocycles. The Morgan fingerprint density at radius 1 is 1.24 bits per heavy atom. The van der Waals surface area contributed by atoms with Crippen LogP contribution in [0.25, 0.3) is 0 Å². The second-order valence-corrected chi connectivity index (χ2v) is 5.15. The first-order valence-electron chi connectivity index (χ1n) is 5.93. The molecule has 0 spiro atoms. The van der Waals surface area contributed by atoms with Gasteiger partial charge in [0.2, 0.25) is 0 Å². The average molecular weight is 351 g/mol. The molecule has 2 N–H and O–H groups in total. The highest BCUT2D eigenvalue weighted by Crippen LogP contribution is 2.21. The lowest BCUT2D eigenvalue weighted by atomic mass is 10.1. The van der Waals surface area contributed by atoms with E-state index in [0.29, 0.717) is 0 Å². The molecule has 6 nitrogen and oxygen atoms in total. The number of nitrogens with zero attached hydrogens (tertiary/aromatic N) is 1. The van der Waals surface area contributed by atoms with Gasteiger partial charge in [-0.3, -0.25) is 10.1 Å². The Labute approximate surface area is 128 Å². The molecule has 108 valence electrons. The van der Waals surface area contributed by atoms with Gasteiger partial charge < -0.3 is 10.5 Å². The van der Waals surface area contributed by atoms with Crippen molar-refractivity contribution in [2.24, 2.45) is 0 Å². The van der Waals surface area contributed by atoms with Gasteiger partial charge in [-0.1, -0.05) is 28.1 Å². The summed E-state index contributed by atoms with van der Waals surface area (Å²) >= 11 is 3.31. The Morgan fingerprint density at radius 3 is 2.52 bits per heavy atom. The highest BCUT2D eigenvalue weighted by atomic mass is 79.9. The number of rotatable bonds is 4. The molecule has 0 saturated carbocycles. The maximum atomic E-state index is 11.9. The summed E-state index contributed by atoms with van der Waals surface area (Å²) in [6.45, 7) is 0.0637. The van der Waals surface area contributed by atoms with Crippen molar-refractivity contribution in [2.45, 2.75) is 6.61 Å². The van der Waals surface area contributed by atoms with E-state index in [4.69, 9.17) is 10.5 Å². The fourth-order valence-electron chi connectivity index (χ4n) is 1.64.